The van der Waals surface area contributed by atoms with E-state index in [-0.39, 0.29) is 12.5 Å². The van der Waals surface area contributed by atoms with Crippen molar-refractivity contribution in [3.8, 4) is 11.5 Å². The van der Waals surface area contributed by atoms with Crippen LogP contribution in [-0.4, -0.2) is 44.1 Å². The van der Waals surface area contributed by atoms with Crippen LogP contribution in [0.2, 0.25) is 10.0 Å². The first kappa shape index (κ1) is 24.2. The van der Waals surface area contributed by atoms with Gasteiger partial charge in [0.1, 0.15) is 18.1 Å². The lowest BCUT2D eigenvalue weighted by atomic mass is 10.1. The minimum atomic E-state index is 0.00806. The zero-order valence-corrected chi connectivity index (χ0v) is 21.1. The Morgan fingerprint density at radius 3 is 2.38 bits per heavy atom. The molecule has 1 saturated heterocycles. The number of nitrogens with zero attached hydrogens (tertiary/aromatic N) is 2. The van der Waals surface area contributed by atoms with E-state index >= 15 is 0 Å². The van der Waals surface area contributed by atoms with Crippen molar-refractivity contribution >= 4 is 34.8 Å². The Morgan fingerprint density at radius 2 is 1.68 bits per heavy atom. The van der Waals surface area contributed by atoms with Gasteiger partial charge in [0.05, 0.1) is 7.11 Å². The largest absolute Gasteiger partial charge is 0.496 e. The summed E-state index contributed by atoms with van der Waals surface area (Å²) < 4.78 is 11.5. The molecule has 0 aromatic heterocycles. The number of methoxy groups -OCH3 is 1. The lowest BCUT2D eigenvalue weighted by Gasteiger charge is -2.37. The maximum Gasteiger partial charge on any atom is 0.253 e. The van der Waals surface area contributed by atoms with Gasteiger partial charge in [0.25, 0.3) is 5.91 Å². The van der Waals surface area contributed by atoms with Crippen LogP contribution >= 0.6 is 23.2 Å². The Kier molecular flexibility index (Phi) is 7.54. The SMILES string of the molecule is COc1ccc(C(=O)N2CCN(c3cc(Cl)ccc3C)CC2)cc1COc1ccc(Cl)c(C)c1. The molecule has 4 rings (SSSR count). The van der Waals surface area contributed by atoms with Gasteiger partial charge in [0.15, 0.2) is 0 Å². The third-order valence-corrected chi connectivity index (χ3v) is 6.79. The molecule has 7 heteroatoms. The number of carbonyl (C=O) groups excluding carboxylic acids is 1. The molecule has 3 aromatic carbocycles. The van der Waals surface area contributed by atoms with Gasteiger partial charge < -0.3 is 19.3 Å². The average Bonchev–Trinajstić information content (AvgIpc) is 2.85. The molecule has 0 saturated carbocycles. The molecule has 0 aliphatic carbocycles. The normalized spacial score (nSPS) is 13.7. The number of rotatable bonds is 6. The molecule has 0 N–H and O–H groups in total. The van der Waals surface area contributed by atoms with Crippen LogP contribution < -0.4 is 14.4 Å². The summed E-state index contributed by atoms with van der Waals surface area (Å²) in [5.74, 6) is 1.41. The van der Waals surface area contributed by atoms with E-state index in [0.717, 1.165) is 34.9 Å². The third-order valence-electron chi connectivity index (χ3n) is 6.13. The first-order valence-electron chi connectivity index (χ1n) is 11.2. The highest BCUT2D eigenvalue weighted by Crippen LogP contribution is 2.27. The second-order valence-corrected chi connectivity index (χ2v) is 9.28. The number of ether oxygens (including phenoxy) is 2. The summed E-state index contributed by atoms with van der Waals surface area (Å²) in [5, 5.41) is 1.42. The van der Waals surface area contributed by atoms with E-state index in [1.807, 2.05) is 66.4 Å². The monoisotopic (exact) mass is 498 g/mol. The highest BCUT2D eigenvalue weighted by molar-refractivity contribution is 6.31. The van der Waals surface area contributed by atoms with Crippen molar-refractivity contribution in [1.29, 1.82) is 0 Å². The summed E-state index contributed by atoms with van der Waals surface area (Å²) in [4.78, 5) is 17.4. The van der Waals surface area contributed by atoms with Crippen LogP contribution in [0.3, 0.4) is 0 Å². The third kappa shape index (κ3) is 5.43. The molecule has 3 aromatic rings. The molecule has 0 radical (unpaired) electrons. The number of aryl methyl sites for hydroxylation is 2. The fourth-order valence-electron chi connectivity index (χ4n) is 4.15. The number of hydrogen-bond donors (Lipinski definition) is 0. The fourth-order valence-corrected chi connectivity index (χ4v) is 4.43. The maximum atomic E-state index is 13.3. The van der Waals surface area contributed by atoms with Crippen LogP contribution in [0.4, 0.5) is 5.69 Å². The zero-order valence-electron chi connectivity index (χ0n) is 19.6. The summed E-state index contributed by atoms with van der Waals surface area (Å²) in [6, 6.07) is 17.0. The van der Waals surface area contributed by atoms with Gasteiger partial charge in [-0.2, -0.15) is 0 Å². The summed E-state index contributed by atoms with van der Waals surface area (Å²) in [6.07, 6.45) is 0. The van der Waals surface area contributed by atoms with Gasteiger partial charge in [-0.25, -0.2) is 0 Å². The molecular formula is C27H28Cl2N2O3. The molecular weight excluding hydrogens is 471 g/mol. The van der Waals surface area contributed by atoms with Gasteiger partial charge in [-0.1, -0.05) is 29.3 Å². The van der Waals surface area contributed by atoms with Gasteiger partial charge in [-0.05, 0) is 73.5 Å². The van der Waals surface area contributed by atoms with E-state index in [9.17, 15) is 4.79 Å². The predicted octanol–water partition coefficient (Wildman–Crippen LogP) is 6.16. The standard InChI is InChI=1S/C27H28Cl2N2O3/c1-18-4-6-22(28)16-25(18)30-10-12-31(13-11-30)27(32)20-5-9-26(33-3)21(15-20)17-34-23-7-8-24(29)19(2)14-23/h4-9,14-16H,10-13,17H2,1-3H3. The molecule has 0 bridgehead atoms. The molecule has 178 valence electrons. The fraction of sp³-hybridized carbons (Fsp3) is 0.296. The Hall–Kier alpha value is -2.89. The van der Waals surface area contributed by atoms with E-state index in [1.54, 1.807) is 7.11 Å². The van der Waals surface area contributed by atoms with Crippen molar-refractivity contribution < 1.29 is 14.3 Å². The molecule has 1 amide bonds. The summed E-state index contributed by atoms with van der Waals surface area (Å²) in [5.41, 5.74) is 4.69. The van der Waals surface area contributed by atoms with E-state index < -0.39 is 0 Å². The first-order chi connectivity index (χ1) is 16.4. The lowest BCUT2D eigenvalue weighted by Crippen LogP contribution is -2.49. The molecule has 34 heavy (non-hydrogen) atoms. The predicted molar refractivity (Wildman–Crippen MR) is 138 cm³/mol. The number of benzene rings is 3. The maximum absolute atomic E-state index is 13.3. The molecule has 5 nitrogen and oxygen atoms in total. The van der Waals surface area contributed by atoms with E-state index in [0.29, 0.717) is 35.2 Å². The van der Waals surface area contributed by atoms with Crippen LogP contribution in [0.25, 0.3) is 0 Å². The van der Waals surface area contributed by atoms with E-state index in [1.165, 1.54) is 5.56 Å². The molecule has 0 spiro atoms. The second-order valence-electron chi connectivity index (χ2n) is 8.44. The van der Waals surface area contributed by atoms with Gasteiger partial charge in [0, 0.05) is 53.0 Å². The van der Waals surface area contributed by atoms with Crippen LogP contribution in [0.5, 0.6) is 11.5 Å². The van der Waals surface area contributed by atoms with E-state index in [4.69, 9.17) is 32.7 Å². The second kappa shape index (κ2) is 10.6. The van der Waals surface area contributed by atoms with Crippen molar-refractivity contribution in [2.24, 2.45) is 0 Å². The highest BCUT2D eigenvalue weighted by atomic mass is 35.5. The molecule has 0 unspecified atom stereocenters. The quantitative estimate of drug-likeness (QED) is 0.408. The van der Waals surface area contributed by atoms with Crippen LogP contribution in [-0.2, 0) is 6.61 Å². The zero-order chi connectivity index (χ0) is 24.2. The van der Waals surface area contributed by atoms with Crippen molar-refractivity contribution in [2.75, 3.05) is 38.2 Å². The molecule has 0 atom stereocenters. The van der Waals surface area contributed by atoms with Gasteiger partial charge in [-0.15, -0.1) is 0 Å². The smallest absolute Gasteiger partial charge is 0.253 e. The number of halogens is 2. The van der Waals surface area contributed by atoms with Gasteiger partial charge in [-0.3, -0.25) is 4.79 Å². The van der Waals surface area contributed by atoms with Crippen LogP contribution in [0.15, 0.2) is 54.6 Å². The van der Waals surface area contributed by atoms with Crippen molar-refractivity contribution in [3.63, 3.8) is 0 Å². The van der Waals surface area contributed by atoms with E-state index in [2.05, 4.69) is 11.8 Å². The van der Waals surface area contributed by atoms with Crippen LogP contribution in [0.1, 0.15) is 27.0 Å². The topological polar surface area (TPSA) is 42.0 Å². The molecule has 1 aliphatic heterocycles. The Morgan fingerprint density at radius 1 is 0.912 bits per heavy atom. The number of carbonyl (C=O) groups is 1. The number of hydrogen-bond acceptors (Lipinski definition) is 4. The number of piperazine rings is 1. The Bertz CT molecular complexity index is 1190. The van der Waals surface area contributed by atoms with Crippen molar-refractivity contribution in [3.05, 3.63) is 86.9 Å². The van der Waals surface area contributed by atoms with Crippen molar-refractivity contribution in [2.45, 2.75) is 20.5 Å². The number of anilines is 1. The molecule has 1 heterocycles. The highest BCUT2D eigenvalue weighted by Gasteiger charge is 2.24. The minimum absolute atomic E-state index is 0.00806. The Balaban J connectivity index is 1.44. The Labute approximate surface area is 210 Å². The number of amides is 1. The van der Waals surface area contributed by atoms with Gasteiger partial charge >= 0.3 is 0 Å². The average molecular weight is 499 g/mol. The van der Waals surface area contributed by atoms with Crippen molar-refractivity contribution in [1.82, 2.24) is 4.90 Å². The summed E-state index contributed by atoms with van der Waals surface area (Å²) >= 11 is 12.3. The minimum Gasteiger partial charge on any atom is -0.496 e. The summed E-state index contributed by atoms with van der Waals surface area (Å²) in [7, 11) is 1.61. The lowest BCUT2D eigenvalue weighted by molar-refractivity contribution is 0.0746. The van der Waals surface area contributed by atoms with Gasteiger partial charge in [0.2, 0.25) is 0 Å². The van der Waals surface area contributed by atoms with Crippen LogP contribution in [0, 0.1) is 13.8 Å². The molecule has 1 fully saturated rings. The summed E-state index contributed by atoms with van der Waals surface area (Å²) in [6.45, 7) is 7.11. The first-order valence-corrected chi connectivity index (χ1v) is 12.0. The molecule has 1 aliphatic rings.